The van der Waals surface area contributed by atoms with Gasteiger partial charge >= 0.3 is 0 Å². The first-order valence-corrected chi connectivity index (χ1v) is 10.4. The number of ether oxygens (including phenoxy) is 2. The lowest BCUT2D eigenvalue weighted by atomic mass is 10.2. The van der Waals surface area contributed by atoms with Crippen molar-refractivity contribution in [3.8, 4) is 17.2 Å². The number of hydrogen-bond acceptors (Lipinski definition) is 4. The van der Waals surface area contributed by atoms with Crippen LogP contribution in [0.25, 0.3) is 0 Å². The SMILES string of the molecule is O=C(CNc1ccc(Oc2ccccc2)cc1)Nc1ccccc1OCc1ccccc1. The molecular weight excluding hydrogens is 400 g/mol. The van der Waals surface area contributed by atoms with Crippen LogP contribution in [0.4, 0.5) is 11.4 Å². The highest BCUT2D eigenvalue weighted by Gasteiger charge is 2.08. The largest absolute Gasteiger partial charge is 0.487 e. The van der Waals surface area contributed by atoms with Crippen LogP contribution >= 0.6 is 0 Å². The maximum atomic E-state index is 12.5. The third kappa shape index (κ3) is 6.12. The van der Waals surface area contributed by atoms with Crippen molar-refractivity contribution in [2.24, 2.45) is 0 Å². The van der Waals surface area contributed by atoms with Gasteiger partial charge in [0, 0.05) is 5.69 Å². The van der Waals surface area contributed by atoms with Crippen LogP contribution < -0.4 is 20.1 Å². The van der Waals surface area contributed by atoms with Gasteiger partial charge in [-0.1, -0.05) is 60.7 Å². The highest BCUT2D eigenvalue weighted by atomic mass is 16.5. The molecule has 0 saturated heterocycles. The third-order valence-electron chi connectivity index (χ3n) is 4.68. The molecule has 1 amide bonds. The van der Waals surface area contributed by atoms with E-state index in [0.29, 0.717) is 18.0 Å². The van der Waals surface area contributed by atoms with E-state index < -0.39 is 0 Å². The first-order chi connectivity index (χ1) is 15.8. The quantitative estimate of drug-likeness (QED) is 0.340. The summed E-state index contributed by atoms with van der Waals surface area (Å²) in [4.78, 5) is 12.5. The average molecular weight is 425 g/mol. The smallest absolute Gasteiger partial charge is 0.243 e. The van der Waals surface area contributed by atoms with E-state index in [4.69, 9.17) is 9.47 Å². The van der Waals surface area contributed by atoms with Crippen molar-refractivity contribution >= 4 is 17.3 Å². The van der Waals surface area contributed by atoms with E-state index in [1.54, 1.807) is 0 Å². The number of benzene rings is 4. The molecule has 0 atom stereocenters. The fourth-order valence-electron chi connectivity index (χ4n) is 3.07. The summed E-state index contributed by atoms with van der Waals surface area (Å²) in [5.74, 6) is 1.98. The van der Waals surface area contributed by atoms with Gasteiger partial charge in [0.1, 0.15) is 23.9 Å². The highest BCUT2D eigenvalue weighted by molar-refractivity contribution is 5.95. The molecule has 4 rings (SSSR count). The molecule has 4 aromatic carbocycles. The fourth-order valence-corrected chi connectivity index (χ4v) is 3.07. The number of carbonyl (C=O) groups is 1. The zero-order valence-electron chi connectivity index (χ0n) is 17.5. The highest BCUT2D eigenvalue weighted by Crippen LogP contribution is 2.25. The molecule has 0 spiro atoms. The van der Waals surface area contributed by atoms with Gasteiger partial charge in [0.05, 0.1) is 12.2 Å². The second kappa shape index (κ2) is 10.7. The van der Waals surface area contributed by atoms with Gasteiger partial charge in [-0.25, -0.2) is 0 Å². The maximum absolute atomic E-state index is 12.5. The van der Waals surface area contributed by atoms with E-state index in [2.05, 4.69) is 10.6 Å². The zero-order chi connectivity index (χ0) is 22.0. The molecule has 5 heteroatoms. The Balaban J connectivity index is 1.28. The van der Waals surface area contributed by atoms with Gasteiger partial charge in [-0.05, 0) is 54.1 Å². The molecule has 4 aromatic rings. The zero-order valence-corrected chi connectivity index (χ0v) is 17.5. The van der Waals surface area contributed by atoms with Gasteiger partial charge in [0.2, 0.25) is 5.91 Å². The Labute approximate surface area is 187 Å². The Hall–Kier alpha value is -4.25. The first-order valence-electron chi connectivity index (χ1n) is 10.4. The Morgan fingerprint density at radius 3 is 2.06 bits per heavy atom. The third-order valence-corrected chi connectivity index (χ3v) is 4.68. The molecule has 0 saturated carbocycles. The van der Waals surface area contributed by atoms with Crippen LogP contribution in [-0.2, 0) is 11.4 Å². The number of amides is 1. The summed E-state index contributed by atoms with van der Waals surface area (Å²) in [6, 6.07) is 34.4. The van der Waals surface area contributed by atoms with Crippen molar-refractivity contribution in [3.63, 3.8) is 0 Å². The van der Waals surface area contributed by atoms with Gasteiger partial charge in [-0.3, -0.25) is 4.79 Å². The Kier molecular flexibility index (Phi) is 7.01. The summed E-state index contributed by atoms with van der Waals surface area (Å²) >= 11 is 0. The second-order valence-electron chi connectivity index (χ2n) is 7.11. The van der Waals surface area contributed by atoms with E-state index in [1.807, 2.05) is 109 Å². The predicted molar refractivity (Wildman–Crippen MR) is 127 cm³/mol. The number of carbonyl (C=O) groups excluding carboxylic acids is 1. The van der Waals surface area contributed by atoms with Crippen LogP contribution in [0.5, 0.6) is 17.2 Å². The normalized spacial score (nSPS) is 10.2. The molecule has 0 fully saturated rings. The standard InChI is InChI=1S/C27H24N2O3/c30-27(19-28-22-15-17-24(18-16-22)32-23-11-5-2-6-12-23)29-25-13-7-8-14-26(25)31-20-21-9-3-1-4-10-21/h1-18,28H,19-20H2,(H,29,30). The van der Waals surface area contributed by atoms with Crippen LogP contribution in [-0.4, -0.2) is 12.5 Å². The molecule has 0 unspecified atom stereocenters. The molecule has 0 heterocycles. The van der Waals surface area contributed by atoms with Crippen molar-refractivity contribution in [3.05, 3.63) is 115 Å². The molecule has 0 aromatic heterocycles. The Morgan fingerprint density at radius 1 is 0.688 bits per heavy atom. The summed E-state index contributed by atoms with van der Waals surface area (Å²) in [6.45, 7) is 0.565. The monoisotopic (exact) mass is 424 g/mol. The Morgan fingerprint density at radius 2 is 1.31 bits per heavy atom. The van der Waals surface area contributed by atoms with Crippen molar-refractivity contribution in [1.29, 1.82) is 0 Å². The molecule has 0 radical (unpaired) electrons. The predicted octanol–water partition coefficient (Wildman–Crippen LogP) is 6.11. The topological polar surface area (TPSA) is 59.6 Å². The summed E-state index contributed by atoms with van der Waals surface area (Å²) in [5.41, 5.74) is 2.53. The van der Waals surface area contributed by atoms with Gasteiger partial charge in [0.25, 0.3) is 0 Å². The number of rotatable bonds is 9. The molecule has 160 valence electrons. The molecule has 0 bridgehead atoms. The first kappa shape index (κ1) is 21.0. The van der Waals surface area contributed by atoms with E-state index in [1.165, 1.54) is 0 Å². The van der Waals surface area contributed by atoms with Gasteiger partial charge in [-0.15, -0.1) is 0 Å². The molecule has 32 heavy (non-hydrogen) atoms. The lowest BCUT2D eigenvalue weighted by Gasteiger charge is -2.13. The summed E-state index contributed by atoms with van der Waals surface area (Å²) in [6.07, 6.45) is 0. The van der Waals surface area contributed by atoms with Crippen molar-refractivity contribution in [2.45, 2.75) is 6.61 Å². The van der Waals surface area contributed by atoms with Crippen molar-refractivity contribution < 1.29 is 14.3 Å². The van der Waals surface area contributed by atoms with Crippen molar-refractivity contribution in [2.75, 3.05) is 17.2 Å². The molecular formula is C27H24N2O3. The average Bonchev–Trinajstić information content (AvgIpc) is 2.84. The summed E-state index contributed by atoms with van der Waals surface area (Å²) in [5, 5.41) is 6.03. The summed E-state index contributed by atoms with van der Waals surface area (Å²) < 4.78 is 11.7. The molecule has 0 aliphatic carbocycles. The summed E-state index contributed by atoms with van der Waals surface area (Å²) in [7, 11) is 0. The lowest BCUT2D eigenvalue weighted by molar-refractivity contribution is -0.114. The van der Waals surface area contributed by atoms with Crippen LogP contribution in [0.2, 0.25) is 0 Å². The van der Waals surface area contributed by atoms with E-state index in [0.717, 1.165) is 22.7 Å². The van der Waals surface area contributed by atoms with E-state index in [9.17, 15) is 4.79 Å². The van der Waals surface area contributed by atoms with Crippen LogP contribution in [0, 0.1) is 0 Å². The van der Waals surface area contributed by atoms with E-state index >= 15 is 0 Å². The van der Waals surface area contributed by atoms with Crippen LogP contribution in [0.3, 0.4) is 0 Å². The number of nitrogens with one attached hydrogen (secondary N) is 2. The molecule has 2 N–H and O–H groups in total. The number of anilines is 2. The fraction of sp³-hybridized carbons (Fsp3) is 0.0741. The molecule has 0 aliphatic heterocycles. The second-order valence-corrected chi connectivity index (χ2v) is 7.11. The molecule has 5 nitrogen and oxygen atoms in total. The lowest BCUT2D eigenvalue weighted by Crippen LogP contribution is -2.22. The minimum atomic E-state index is -0.162. The minimum Gasteiger partial charge on any atom is -0.487 e. The van der Waals surface area contributed by atoms with Gasteiger partial charge in [0.15, 0.2) is 0 Å². The number of para-hydroxylation sites is 3. The number of hydrogen-bond donors (Lipinski definition) is 2. The minimum absolute atomic E-state index is 0.131. The van der Waals surface area contributed by atoms with Crippen molar-refractivity contribution in [1.82, 2.24) is 0 Å². The van der Waals surface area contributed by atoms with Gasteiger partial charge < -0.3 is 20.1 Å². The van der Waals surface area contributed by atoms with E-state index in [-0.39, 0.29) is 12.5 Å². The Bertz CT molecular complexity index is 1130. The molecule has 0 aliphatic rings. The van der Waals surface area contributed by atoms with Crippen LogP contribution in [0.15, 0.2) is 109 Å². The maximum Gasteiger partial charge on any atom is 0.243 e. The van der Waals surface area contributed by atoms with Gasteiger partial charge in [-0.2, -0.15) is 0 Å². The van der Waals surface area contributed by atoms with Crippen LogP contribution in [0.1, 0.15) is 5.56 Å².